The van der Waals surface area contributed by atoms with Gasteiger partial charge in [0, 0.05) is 37.2 Å². The maximum atomic E-state index is 13.6. The van der Waals surface area contributed by atoms with E-state index < -0.39 is 17.6 Å². The molecule has 1 spiro atoms. The van der Waals surface area contributed by atoms with Crippen LogP contribution in [0.1, 0.15) is 49.8 Å². The van der Waals surface area contributed by atoms with Crippen LogP contribution in [0, 0.1) is 5.92 Å². The van der Waals surface area contributed by atoms with Crippen LogP contribution in [0.2, 0.25) is 0 Å². The molecule has 1 heterocycles. The van der Waals surface area contributed by atoms with Gasteiger partial charge in [0.05, 0.1) is 0 Å². The topological polar surface area (TPSA) is 96.0 Å². The number of aryl methyl sites for hydroxylation is 1. The Kier molecular flexibility index (Phi) is 5.83. The lowest BCUT2D eigenvalue weighted by Gasteiger charge is -2.30. The van der Waals surface area contributed by atoms with Gasteiger partial charge in [-0.25, -0.2) is 9.69 Å². The summed E-state index contributed by atoms with van der Waals surface area (Å²) >= 11 is 0. The number of anilines is 1. The third kappa shape index (κ3) is 4.29. The van der Waals surface area contributed by atoms with Crippen LogP contribution in [-0.4, -0.2) is 46.2 Å². The summed E-state index contributed by atoms with van der Waals surface area (Å²) in [6.45, 7) is 3.49. The van der Waals surface area contributed by atoms with E-state index in [1.807, 2.05) is 43.3 Å². The van der Waals surface area contributed by atoms with Crippen molar-refractivity contribution in [1.82, 2.24) is 9.80 Å². The molecule has 2 aliphatic carbocycles. The minimum Gasteiger partial charge on any atom is -0.427 e. The van der Waals surface area contributed by atoms with Gasteiger partial charge in [0.2, 0.25) is 17.4 Å². The molecule has 0 unspecified atom stereocenters. The molecule has 35 heavy (non-hydrogen) atoms. The van der Waals surface area contributed by atoms with Crippen LogP contribution in [0.3, 0.4) is 0 Å². The van der Waals surface area contributed by atoms with E-state index in [0.717, 1.165) is 28.9 Å². The smallest absolute Gasteiger partial charge is 0.418 e. The van der Waals surface area contributed by atoms with Crippen LogP contribution >= 0.6 is 0 Å². The zero-order chi connectivity index (χ0) is 24.7. The highest BCUT2D eigenvalue weighted by atomic mass is 16.6. The summed E-state index contributed by atoms with van der Waals surface area (Å²) in [5.41, 5.74) is 1.54. The second kappa shape index (κ2) is 8.83. The molecule has 2 atom stereocenters. The standard InChI is InChI=1S/C27H29N3O5/c1-17(20-8-9-20)29(15-19-6-4-3-5-7-19)24(32)16-30-25(33)27(35-26(30)34)13-12-21-10-11-22(14-23(21)27)28-18(2)31/h3-7,10-11,14,17,20H,8-9,12-13,15-16H2,1-2H3,(H,28,31)/t17-,27+/m0/s1. The Hall–Kier alpha value is -3.68. The van der Waals surface area contributed by atoms with Crippen molar-refractivity contribution in [2.45, 2.75) is 57.7 Å². The number of carbonyl (C=O) groups is 4. The fraction of sp³-hybridized carbons (Fsp3) is 0.407. The Morgan fingerprint density at radius 2 is 1.91 bits per heavy atom. The van der Waals surface area contributed by atoms with E-state index >= 15 is 0 Å². The third-order valence-electron chi connectivity index (χ3n) is 7.29. The molecule has 4 amide bonds. The number of rotatable bonds is 7. The fourth-order valence-electron chi connectivity index (χ4n) is 5.21. The van der Waals surface area contributed by atoms with E-state index in [-0.39, 0.29) is 24.4 Å². The van der Waals surface area contributed by atoms with Crippen molar-refractivity contribution in [3.63, 3.8) is 0 Å². The van der Waals surface area contributed by atoms with Crippen molar-refractivity contribution in [2.24, 2.45) is 5.92 Å². The molecule has 5 rings (SSSR count). The number of amides is 4. The van der Waals surface area contributed by atoms with E-state index in [1.165, 1.54) is 6.92 Å². The Morgan fingerprint density at radius 1 is 1.17 bits per heavy atom. The molecular weight excluding hydrogens is 446 g/mol. The first-order valence-electron chi connectivity index (χ1n) is 12.1. The second-order valence-electron chi connectivity index (χ2n) is 9.72. The van der Waals surface area contributed by atoms with Crippen LogP contribution in [0.5, 0.6) is 0 Å². The normalized spacial score (nSPS) is 21.6. The number of carbonyl (C=O) groups excluding carboxylic acids is 4. The van der Waals surface area contributed by atoms with Crippen molar-refractivity contribution in [1.29, 1.82) is 0 Å². The number of imide groups is 1. The molecule has 0 bridgehead atoms. The lowest BCUT2D eigenvalue weighted by atomic mass is 9.94. The first-order valence-corrected chi connectivity index (χ1v) is 12.1. The molecule has 1 aliphatic heterocycles. The van der Waals surface area contributed by atoms with Gasteiger partial charge >= 0.3 is 6.09 Å². The largest absolute Gasteiger partial charge is 0.427 e. The molecule has 0 aromatic heterocycles. The Balaban J connectivity index is 1.38. The summed E-state index contributed by atoms with van der Waals surface area (Å²) in [4.78, 5) is 54.2. The molecule has 0 radical (unpaired) electrons. The average Bonchev–Trinajstić information content (AvgIpc) is 3.59. The van der Waals surface area contributed by atoms with E-state index in [2.05, 4.69) is 5.32 Å². The van der Waals surface area contributed by atoms with Gasteiger partial charge in [0.25, 0.3) is 5.91 Å². The summed E-state index contributed by atoms with van der Waals surface area (Å²) in [5.74, 6) is -0.597. The van der Waals surface area contributed by atoms with Gasteiger partial charge in [-0.2, -0.15) is 0 Å². The Bertz CT molecular complexity index is 1190. The molecule has 3 aliphatic rings. The zero-order valence-electron chi connectivity index (χ0n) is 20.0. The number of fused-ring (bicyclic) bond motifs is 2. The third-order valence-corrected chi connectivity index (χ3v) is 7.29. The Labute approximate surface area is 204 Å². The van der Waals surface area contributed by atoms with Gasteiger partial charge in [0.1, 0.15) is 6.54 Å². The molecule has 2 aromatic carbocycles. The van der Waals surface area contributed by atoms with Crippen LogP contribution in [0.25, 0.3) is 0 Å². The molecule has 8 nitrogen and oxygen atoms in total. The minimum absolute atomic E-state index is 0.0119. The number of benzene rings is 2. The highest BCUT2D eigenvalue weighted by molar-refractivity contribution is 6.06. The first kappa shape index (κ1) is 23.1. The molecule has 2 aromatic rings. The van der Waals surface area contributed by atoms with Crippen molar-refractivity contribution < 1.29 is 23.9 Å². The molecular formula is C27H29N3O5. The van der Waals surface area contributed by atoms with E-state index in [9.17, 15) is 19.2 Å². The van der Waals surface area contributed by atoms with Crippen LogP contribution in [0.15, 0.2) is 48.5 Å². The number of ether oxygens (including phenoxy) is 1. The molecule has 2 fully saturated rings. The number of hydrogen-bond acceptors (Lipinski definition) is 5. The summed E-state index contributed by atoms with van der Waals surface area (Å²) in [6, 6.07) is 15.0. The zero-order valence-corrected chi connectivity index (χ0v) is 20.0. The molecule has 182 valence electrons. The average molecular weight is 476 g/mol. The fourth-order valence-corrected chi connectivity index (χ4v) is 5.21. The van der Waals surface area contributed by atoms with Crippen molar-refractivity contribution in [3.05, 3.63) is 65.2 Å². The highest BCUT2D eigenvalue weighted by Gasteiger charge is 2.58. The lowest BCUT2D eigenvalue weighted by Crippen LogP contribution is -2.47. The monoisotopic (exact) mass is 475 g/mol. The van der Waals surface area contributed by atoms with Crippen molar-refractivity contribution in [3.8, 4) is 0 Å². The SMILES string of the molecule is CC(=O)Nc1ccc2c(c1)[C@@]1(CC2)OC(=O)N(CC(=O)N(Cc2ccccc2)[C@@H](C)C2CC2)C1=O. The van der Waals surface area contributed by atoms with E-state index in [0.29, 0.717) is 36.6 Å². The van der Waals surface area contributed by atoms with Crippen molar-refractivity contribution >= 4 is 29.5 Å². The van der Waals surface area contributed by atoms with Crippen LogP contribution in [0.4, 0.5) is 10.5 Å². The molecule has 8 heteroatoms. The summed E-state index contributed by atoms with van der Waals surface area (Å²) in [5, 5.41) is 2.71. The van der Waals surface area contributed by atoms with Gasteiger partial charge in [-0.1, -0.05) is 36.4 Å². The summed E-state index contributed by atoms with van der Waals surface area (Å²) in [7, 11) is 0. The summed E-state index contributed by atoms with van der Waals surface area (Å²) < 4.78 is 5.69. The highest BCUT2D eigenvalue weighted by Crippen LogP contribution is 2.46. The second-order valence-corrected chi connectivity index (χ2v) is 9.72. The maximum Gasteiger partial charge on any atom is 0.418 e. The number of nitrogens with one attached hydrogen (secondary N) is 1. The first-order chi connectivity index (χ1) is 16.8. The maximum absolute atomic E-state index is 13.6. The number of nitrogens with zero attached hydrogens (tertiary/aromatic N) is 2. The molecule has 1 saturated heterocycles. The predicted molar refractivity (Wildman–Crippen MR) is 128 cm³/mol. The van der Waals surface area contributed by atoms with E-state index in [1.54, 1.807) is 17.0 Å². The van der Waals surface area contributed by atoms with Gasteiger partial charge in [-0.15, -0.1) is 0 Å². The van der Waals surface area contributed by atoms with Gasteiger partial charge < -0.3 is 15.0 Å². The lowest BCUT2D eigenvalue weighted by molar-refractivity contribution is -0.143. The van der Waals surface area contributed by atoms with Gasteiger partial charge in [-0.05, 0) is 55.4 Å². The van der Waals surface area contributed by atoms with Crippen molar-refractivity contribution in [2.75, 3.05) is 11.9 Å². The van der Waals surface area contributed by atoms with Gasteiger partial charge in [-0.3, -0.25) is 14.4 Å². The summed E-state index contributed by atoms with van der Waals surface area (Å²) in [6.07, 6.45) is 2.21. The number of hydrogen-bond donors (Lipinski definition) is 1. The molecule has 1 N–H and O–H groups in total. The molecule has 1 saturated carbocycles. The Morgan fingerprint density at radius 3 is 2.60 bits per heavy atom. The van der Waals surface area contributed by atoms with Gasteiger partial charge in [0.15, 0.2) is 0 Å². The van der Waals surface area contributed by atoms with E-state index in [4.69, 9.17) is 4.74 Å². The van der Waals surface area contributed by atoms with Crippen LogP contribution in [-0.2, 0) is 37.7 Å². The minimum atomic E-state index is -1.45. The quantitative estimate of drug-likeness (QED) is 0.660. The predicted octanol–water partition coefficient (Wildman–Crippen LogP) is 3.59. The van der Waals surface area contributed by atoms with Crippen LogP contribution < -0.4 is 5.32 Å².